The molecular formula is C13H25N3O. The molecule has 0 aromatic heterocycles. The molecule has 0 aromatic carbocycles. The Kier molecular flexibility index (Phi) is 4.40. The van der Waals surface area contributed by atoms with Crippen LogP contribution in [-0.2, 0) is 4.79 Å². The van der Waals surface area contributed by atoms with Crippen LogP contribution in [0.1, 0.15) is 26.7 Å². The highest BCUT2D eigenvalue weighted by atomic mass is 16.2. The lowest BCUT2D eigenvalue weighted by atomic mass is 9.94. The SMILES string of the molecule is CCN1CCN(C(=O)C2CCC(C)NC2)CC1. The summed E-state index contributed by atoms with van der Waals surface area (Å²) in [4.78, 5) is 16.8. The fraction of sp³-hybridized carbons (Fsp3) is 0.923. The van der Waals surface area contributed by atoms with E-state index in [2.05, 4.69) is 29.0 Å². The summed E-state index contributed by atoms with van der Waals surface area (Å²) < 4.78 is 0. The number of carbonyl (C=O) groups is 1. The zero-order chi connectivity index (χ0) is 12.3. The fourth-order valence-corrected chi connectivity index (χ4v) is 2.75. The van der Waals surface area contributed by atoms with Gasteiger partial charge in [-0.2, -0.15) is 0 Å². The van der Waals surface area contributed by atoms with Crippen LogP contribution in [0, 0.1) is 5.92 Å². The second-order valence-electron chi connectivity index (χ2n) is 5.34. The van der Waals surface area contributed by atoms with Gasteiger partial charge >= 0.3 is 0 Å². The monoisotopic (exact) mass is 239 g/mol. The average Bonchev–Trinajstić information content (AvgIpc) is 2.39. The Bertz CT molecular complexity index is 253. The van der Waals surface area contributed by atoms with E-state index in [0.717, 1.165) is 52.1 Å². The molecule has 2 atom stereocenters. The van der Waals surface area contributed by atoms with Crippen molar-refractivity contribution in [3.05, 3.63) is 0 Å². The molecule has 2 rings (SSSR count). The Labute approximate surface area is 104 Å². The van der Waals surface area contributed by atoms with Crippen LogP contribution in [0.15, 0.2) is 0 Å². The molecule has 2 aliphatic rings. The van der Waals surface area contributed by atoms with Gasteiger partial charge in [-0.3, -0.25) is 4.79 Å². The Balaban J connectivity index is 1.80. The molecule has 0 saturated carbocycles. The number of piperidine rings is 1. The van der Waals surface area contributed by atoms with Crippen LogP contribution in [0.5, 0.6) is 0 Å². The second kappa shape index (κ2) is 5.83. The number of piperazine rings is 1. The van der Waals surface area contributed by atoms with E-state index in [4.69, 9.17) is 0 Å². The van der Waals surface area contributed by atoms with Gasteiger partial charge < -0.3 is 15.1 Å². The van der Waals surface area contributed by atoms with E-state index in [1.165, 1.54) is 0 Å². The van der Waals surface area contributed by atoms with E-state index in [1.807, 2.05) is 0 Å². The van der Waals surface area contributed by atoms with E-state index in [-0.39, 0.29) is 5.92 Å². The van der Waals surface area contributed by atoms with Crippen molar-refractivity contribution in [2.75, 3.05) is 39.3 Å². The Morgan fingerprint density at radius 3 is 2.47 bits per heavy atom. The van der Waals surface area contributed by atoms with Crippen molar-refractivity contribution >= 4 is 5.91 Å². The molecule has 2 unspecified atom stereocenters. The normalized spacial score (nSPS) is 31.5. The van der Waals surface area contributed by atoms with E-state index in [0.29, 0.717) is 11.9 Å². The maximum Gasteiger partial charge on any atom is 0.227 e. The Morgan fingerprint density at radius 2 is 1.94 bits per heavy atom. The summed E-state index contributed by atoms with van der Waals surface area (Å²) in [6.45, 7) is 10.3. The maximum atomic E-state index is 12.3. The topological polar surface area (TPSA) is 35.6 Å². The van der Waals surface area contributed by atoms with Crippen LogP contribution < -0.4 is 5.32 Å². The minimum absolute atomic E-state index is 0.222. The van der Waals surface area contributed by atoms with Gasteiger partial charge in [0.15, 0.2) is 0 Å². The van der Waals surface area contributed by atoms with Gasteiger partial charge in [0.05, 0.1) is 5.92 Å². The number of nitrogens with one attached hydrogen (secondary N) is 1. The molecule has 2 saturated heterocycles. The summed E-state index contributed by atoms with van der Waals surface area (Å²) in [5.41, 5.74) is 0. The lowest BCUT2D eigenvalue weighted by Gasteiger charge is -2.37. The number of carbonyl (C=O) groups excluding carboxylic acids is 1. The molecule has 1 N–H and O–H groups in total. The molecule has 2 aliphatic heterocycles. The van der Waals surface area contributed by atoms with Crippen LogP contribution >= 0.6 is 0 Å². The highest BCUT2D eigenvalue weighted by Gasteiger charge is 2.29. The van der Waals surface area contributed by atoms with Gasteiger partial charge in [-0.05, 0) is 26.3 Å². The minimum atomic E-state index is 0.222. The molecule has 2 fully saturated rings. The van der Waals surface area contributed by atoms with Crippen molar-refractivity contribution < 1.29 is 4.79 Å². The molecule has 0 spiro atoms. The lowest BCUT2D eigenvalue weighted by Crippen LogP contribution is -2.52. The summed E-state index contributed by atoms with van der Waals surface area (Å²) in [7, 11) is 0. The number of hydrogen-bond donors (Lipinski definition) is 1. The third-order valence-corrected chi connectivity index (χ3v) is 4.14. The molecule has 4 heteroatoms. The summed E-state index contributed by atoms with van der Waals surface area (Å²) >= 11 is 0. The summed E-state index contributed by atoms with van der Waals surface area (Å²) in [6.07, 6.45) is 2.19. The third-order valence-electron chi connectivity index (χ3n) is 4.14. The first kappa shape index (κ1) is 12.8. The van der Waals surface area contributed by atoms with Crippen LogP contribution in [-0.4, -0.2) is 61.0 Å². The number of amides is 1. The first-order valence-electron chi connectivity index (χ1n) is 6.95. The molecule has 0 radical (unpaired) electrons. The molecule has 98 valence electrons. The quantitative estimate of drug-likeness (QED) is 0.764. The molecule has 0 aliphatic carbocycles. The van der Waals surface area contributed by atoms with E-state index in [1.54, 1.807) is 0 Å². The van der Waals surface area contributed by atoms with E-state index >= 15 is 0 Å². The van der Waals surface area contributed by atoms with Crippen molar-refractivity contribution in [3.8, 4) is 0 Å². The zero-order valence-electron chi connectivity index (χ0n) is 11.1. The summed E-state index contributed by atoms with van der Waals surface area (Å²) in [5.74, 6) is 0.597. The van der Waals surface area contributed by atoms with Crippen LogP contribution in [0.4, 0.5) is 0 Å². The first-order chi connectivity index (χ1) is 8.20. The third kappa shape index (κ3) is 3.19. The van der Waals surface area contributed by atoms with Crippen molar-refractivity contribution in [3.63, 3.8) is 0 Å². The van der Waals surface area contributed by atoms with Crippen molar-refractivity contribution in [1.29, 1.82) is 0 Å². The largest absolute Gasteiger partial charge is 0.340 e. The molecule has 0 bridgehead atoms. The maximum absolute atomic E-state index is 12.3. The Morgan fingerprint density at radius 1 is 1.24 bits per heavy atom. The van der Waals surface area contributed by atoms with Gasteiger partial charge in [-0.25, -0.2) is 0 Å². The Hall–Kier alpha value is -0.610. The van der Waals surface area contributed by atoms with Gasteiger partial charge in [-0.15, -0.1) is 0 Å². The molecule has 1 amide bonds. The molecule has 0 aromatic rings. The predicted molar refractivity (Wildman–Crippen MR) is 68.9 cm³/mol. The van der Waals surface area contributed by atoms with Gasteiger partial charge in [0.1, 0.15) is 0 Å². The number of rotatable bonds is 2. The summed E-state index contributed by atoms with van der Waals surface area (Å²) in [6, 6.07) is 0.580. The van der Waals surface area contributed by atoms with Crippen molar-refractivity contribution in [1.82, 2.24) is 15.1 Å². The number of likely N-dealkylation sites (N-methyl/N-ethyl adjacent to an activating group) is 1. The molecule has 2 heterocycles. The second-order valence-corrected chi connectivity index (χ2v) is 5.34. The van der Waals surface area contributed by atoms with Gasteiger partial charge in [0.25, 0.3) is 0 Å². The van der Waals surface area contributed by atoms with Crippen LogP contribution in [0.2, 0.25) is 0 Å². The standard InChI is InChI=1S/C13H25N3O/c1-3-15-6-8-16(9-7-15)13(17)12-5-4-11(2)14-10-12/h11-12,14H,3-10H2,1-2H3. The van der Waals surface area contributed by atoms with Crippen molar-refractivity contribution in [2.45, 2.75) is 32.7 Å². The molecule has 17 heavy (non-hydrogen) atoms. The van der Waals surface area contributed by atoms with Gasteiger partial charge in [0.2, 0.25) is 5.91 Å². The number of nitrogens with zero attached hydrogens (tertiary/aromatic N) is 2. The average molecular weight is 239 g/mol. The number of hydrogen-bond acceptors (Lipinski definition) is 3. The van der Waals surface area contributed by atoms with Crippen LogP contribution in [0.3, 0.4) is 0 Å². The summed E-state index contributed by atoms with van der Waals surface area (Å²) in [5, 5.41) is 3.41. The smallest absolute Gasteiger partial charge is 0.227 e. The highest BCUT2D eigenvalue weighted by molar-refractivity contribution is 5.79. The van der Waals surface area contributed by atoms with Crippen molar-refractivity contribution in [2.24, 2.45) is 5.92 Å². The molecule has 4 nitrogen and oxygen atoms in total. The molecular weight excluding hydrogens is 214 g/mol. The van der Waals surface area contributed by atoms with Crippen LogP contribution in [0.25, 0.3) is 0 Å². The predicted octanol–water partition coefficient (Wildman–Crippen LogP) is 0.539. The lowest BCUT2D eigenvalue weighted by molar-refractivity contribution is -0.138. The van der Waals surface area contributed by atoms with Gasteiger partial charge in [0, 0.05) is 38.8 Å². The first-order valence-corrected chi connectivity index (χ1v) is 6.95. The highest BCUT2D eigenvalue weighted by Crippen LogP contribution is 2.17. The fourth-order valence-electron chi connectivity index (χ4n) is 2.75. The van der Waals surface area contributed by atoms with E-state index in [9.17, 15) is 4.79 Å². The zero-order valence-corrected chi connectivity index (χ0v) is 11.1. The van der Waals surface area contributed by atoms with Gasteiger partial charge in [-0.1, -0.05) is 6.92 Å². The van der Waals surface area contributed by atoms with E-state index < -0.39 is 0 Å². The minimum Gasteiger partial charge on any atom is -0.340 e.